The van der Waals surface area contributed by atoms with E-state index in [1.807, 2.05) is 0 Å². The van der Waals surface area contributed by atoms with Gasteiger partial charge in [-0.3, -0.25) is 9.59 Å². The Hall–Kier alpha value is -2.11. The third-order valence-electron chi connectivity index (χ3n) is 2.98. The molecule has 0 bridgehead atoms. The van der Waals surface area contributed by atoms with Gasteiger partial charge in [-0.05, 0) is 24.3 Å². The molecule has 0 fully saturated rings. The summed E-state index contributed by atoms with van der Waals surface area (Å²) in [6.07, 6.45) is 0.182. The summed E-state index contributed by atoms with van der Waals surface area (Å²) in [7, 11) is 2.94. The molecule has 0 N–H and O–H groups in total. The summed E-state index contributed by atoms with van der Waals surface area (Å²) in [5, 5.41) is 0. The lowest BCUT2D eigenvalue weighted by Crippen LogP contribution is -2.34. The van der Waals surface area contributed by atoms with Crippen molar-refractivity contribution in [3.05, 3.63) is 30.1 Å². The van der Waals surface area contributed by atoms with Crippen molar-refractivity contribution in [3.8, 4) is 5.75 Å². The monoisotopic (exact) mass is 297 g/mol. The molecular formula is C15H20FNO4. The molecular weight excluding hydrogens is 277 g/mol. The van der Waals surface area contributed by atoms with Crippen LogP contribution in [0.4, 0.5) is 4.39 Å². The molecule has 6 heteroatoms. The Morgan fingerprint density at radius 3 is 2.48 bits per heavy atom. The molecule has 5 nitrogen and oxygen atoms in total. The van der Waals surface area contributed by atoms with Crippen LogP contribution in [0.1, 0.15) is 13.3 Å². The van der Waals surface area contributed by atoms with Crippen LogP contribution in [-0.2, 0) is 14.3 Å². The third kappa shape index (κ3) is 5.81. The van der Waals surface area contributed by atoms with Gasteiger partial charge in [-0.15, -0.1) is 0 Å². The fourth-order valence-electron chi connectivity index (χ4n) is 1.77. The maximum atomic E-state index is 12.7. The molecule has 1 rings (SSSR count). The Kier molecular flexibility index (Phi) is 6.65. The second kappa shape index (κ2) is 8.24. The fourth-order valence-corrected chi connectivity index (χ4v) is 1.77. The summed E-state index contributed by atoms with van der Waals surface area (Å²) < 4.78 is 22.7. The first kappa shape index (κ1) is 16.9. The number of hydrogen-bond acceptors (Lipinski definition) is 4. The van der Waals surface area contributed by atoms with Crippen molar-refractivity contribution in [1.29, 1.82) is 0 Å². The van der Waals surface area contributed by atoms with Crippen LogP contribution in [0, 0.1) is 11.7 Å². The predicted octanol–water partition coefficient (Wildman–Crippen LogP) is 1.86. The molecule has 0 aliphatic carbocycles. The Balaban J connectivity index is 2.32. The van der Waals surface area contributed by atoms with Gasteiger partial charge in [-0.25, -0.2) is 4.39 Å². The third-order valence-corrected chi connectivity index (χ3v) is 2.98. The number of carbonyl (C=O) groups is 2. The minimum Gasteiger partial charge on any atom is -0.493 e. The van der Waals surface area contributed by atoms with Crippen LogP contribution in [0.2, 0.25) is 0 Å². The van der Waals surface area contributed by atoms with Crippen LogP contribution < -0.4 is 4.74 Å². The number of esters is 1. The molecule has 1 aromatic rings. The number of nitrogens with zero attached hydrogens (tertiary/aromatic N) is 1. The summed E-state index contributed by atoms with van der Waals surface area (Å²) >= 11 is 0. The van der Waals surface area contributed by atoms with Gasteiger partial charge in [0.25, 0.3) is 0 Å². The van der Waals surface area contributed by atoms with Gasteiger partial charge >= 0.3 is 5.97 Å². The molecule has 0 heterocycles. The number of halogens is 1. The van der Waals surface area contributed by atoms with Gasteiger partial charge in [0, 0.05) is 13.6 Å². The zero-order chi connectivity index (χ0) is 15.8. The second-order valence-electron chi connectivity index (χ2n) is 4.75. The van der Waals surface area contributed by atoms with Crippen LogP contribution in [-0.4, -0.2) is 44.1 Å². The number of benzene rings is 1. The summed E-state index contributed by atoms with van der Waals surface area (Å²) in [5.74, 6) is -0.684. The average molecular weight is 297 g/mol. The molecule has 1 unspecified atom stereocenters. The number of rotatable bonds is 7. The van der Waals surface area contributed by atoms with Gasteiger partial charge in [-0.1, -0.05) is 6.92 Å². The largest absolute Gasteiger partial charge is 0.493 e. The Morgan fingerprint density at radius 2 is 1.90 bits per heavy atom. The van der Waals surface area contributed by atoms with Crippen molar-refractivity contribution in [2.45, 2.75) is 13.3 Å². The lowest BCUT2D eigenvalue weighted by atomic mass is 10.1. The Morgan fingerprint density at radius 1 is 1.29 bits per heavy atom. The highest BCUT2D eigenvalue weighted by Crippen LogP contribution is 2.11. The molecule has 0 aliphatic rings. The van der Waals surface area contributed by atoms with E-state index in [2.05, 4.69) is 4.74 Å². The standard InChI is InChI=1S/C15H20FNO4/c1-11(15(19)20-3)10-17(2)14(18)8-9-21-13-6-4-12(16)5-7-13/h4-7,11H,8-10H2,1-3H3. The van der Waals surface area contributed by atoms with Crippen molar-refractivity contribution < 1.29 is 23.5 Å². The van der Waals surface area contributed by atoms with Crippen LogP contribution in [0.5, 0.6) is 5.75 Å². The smallest absolute Gasteiger partial charge is 0.310 e. The summed E-state index contributed by atoms with van der Waals surface area (Å²) in [6.45, 7) is 2.19. The quantitative estimate of drug-likeness (QED) is 0.721. The van der Waals surface area contributed by atoms with Crippen LogP contribution in [0.15, 0.2) is 24.3 Å². The molecule has 0 saturated heterocycles. The first-order chi connectivity index (χ1) is 9.93. The van der Waals surface area contributed by atoms with Gasteiger partial charge in [0.15, 0.2) is 0 Å². The predicted molar refractivity (Wildman–Crippen MR) is 75.3 cm³/mol. The van der Waals surface area contributed by atoms with E-state index in [1.165, 1.54) is 36.3 Å². The van der Waals surface area contributed by atoms with E-state index in [-0.39, 0.29) is 36.6 Å². The van der Waals surface area contributed by atoms with E-state index in [9.17, 15) is 14.0 Å². The highest BCUT2D eigenvalue weighted by molar-refractivity contribution is 5.77. The zero-order valence-electron chi connectivity index (χ0n) is 12.5. The second-order valence-corrected chi connectivity index (χ2v) is 4.75. The molecule has 1 aromatic carbocycles. The molecule has 1 amide bonds. The maximum absolute atomic E-state index is 12.7. The van der Waals surface area contributed by atoms with Crippen molar-refractivity contribution in [2.75, 3.05) is 27.3 Å². The van der Waals surface area contributed by atoms with Crippen molar-refractivity contribution in [2.24, 2.45) is 5.92 Å². The Labute approximate surface area is 123 Å². The fraction of sp³-hybridized carbons (Fsp3) is 0.467. The normalized spacial score (nSPS) is 11.6. The molecule has 116 valence electrons. The molecule has 21 heavy (non-hydrogen) atoms. The van der Waals surface area contributed by atoms with E-state index in [1.54, 1.807) is 14.0 Å². The first-order valence-electron chi connectivity index (χ1n) is 6.64. The van der Waals surface area contributed by atoms with Crippen molar-refractivity contribution >= 4 is 11.9 Å². The molecule has 1 atom stereocenters. The highest BCUT2D eigenvalue weighted by Gasteiger charge is 2.18. The summed E-state index contributed by atoms with van der Waals surface area (Å²) in [6, 6.07) is 5.59. The van der Waals surface area contributed by atoms with Gasteiger partial charge in [0.05, 0.1) is 26.1 Å². The lowest BCUT2D eigenvalue weighted by Gasteiger charge is -2.20. The number of hydrogen-bond donors (Lipinski definition) is 0. The van der Waals surface area contributed by atoms with Gasteiger partial charge in [-0.2, -0.15) is 0 Å². The van der Waals surface area contributed by atoms with E-state index in [4.69, 9.17) is 4.74 Å². The molecule has 0 saturated carbocycles. The number of amides is 1. The molecule has 0 aliphatic heterocycles. The van der Waals surface area contributed by atoms with E-state index >= 15 is 0 Å². The topological polar surface area (TPSA) is 55.8 Å². The molecule has 0 aromatic heterocycles. The van der Waals surface area contributed by atoms with Gasteiger partial charge < -0.3 is 14.4 Å². The van der Waals surface area contributed by atoms with Crippen molar-refractivity contribution in [1.82, 2.24) is 4.90 Å². The van der Waals surface area contributed by atoms with Crippen molar-refractivity contribution in [3.63, 3.8) is 0 Å². The number of carbonyl (C=O) groups excluding carboxylic acids is 2. The molecule has 0 radical (unpaired) electrons. The highest BCUT2D eigenvalue weighted by atomic mass is 19.1. The number of methoxy groups -OCH3 is 1. The number of ether oxygens (including phenoxy) is 2. The SMILES string of the molecule is COC(=O)C(C)CN(C)C(=O)CCOc1ccc(F)cc1. The summed E-state index contributed by atoms with van der Waals surface area (Å²) in [4.78, 5) is 24.6. The van der Waals surface area contributed by atoms with E-state index in [0.717, 1.165) is 0 Å². The van der Waals surface area contributed by atoms with Crippen LogP contribution >= 0.6 is 0 Å². The summed E-state index contributed by atoms with van der Waals surface area (Å²) in [5.41, 5.74) is 0. The molecule has 0 spiro atoms. The minimum absolute atomic E-state index is 0.132. The van der Waals surface area contributed by atoms with E-state index in [0.29, 0.717) is 12.3 Å². The zero-order valence-corrected chi connectivity index (χ0v) is 12.5. The van der Waals surface area contributed by atoms with Crippen LogP contribution in [0.3, 0.4) is 0 Å². The minimum atomic E-state index is -0.373. The van der Waals surface area contributed by atoms with Gasteiger partial charge in [0.1, 0.15) is 11.6 Å². The van der Waals surface area contributed by atoms with Crippen LogP contribution in [0.25, 0.3) is 0 Å². The Bertz CT molecular complexity index is 475. The maximum Gasteiger partial charge on any atom is 0.310 e. The first-order valence-corrected chi connectivity index (χ1v) is 6.64. The lowest BCUT2D eigenvalue weighted by molar-refractivity contribution is -0.146. The van der Waals surface area contributed by atoms with E-state index < -0.39 is 0 Å². The average Bonchev–Trinajstić information content (AvgIpc) is 2.48. The van der Waals surface area contributed by atoms with Gasteiger partial charge in [0.2, 0.25) is 5.91 Å².